The van der Waals surface area contributed by atoms with Crippen molar-refractivity contribution in [2.45, 2.75) is 19.6 Å². The topological polar surface area (TPSA) is 35.5 Å². The van der Waals surface area contributed by atoms with Crippen molar-refractivity contribution in [2.75, 3.05) is 18.6 Å². The lowest BCUT2D eigenvalue weighted by molar-refractivity contribution is -0.156. The molecule has 0 aliphatic heterocycles. The molecule has 0 N–H and O–H groups in total. The highest BCUT2D eigenvalue weighted by Gasteiger charge is 2.14. The molecule has 3 nitrogen and oxygen atoms in total. The van der Waals surface area contributed by atoms with E-state index in [0.29, 0.717) is 13.2 Å². The molecule has 0 saturated carbocycles. The lowest BCUT2D eigenvalue weighted by atomic mass is 10.2. The molecule has 1 aromatic carbocycles. The molecule has 1 atom stereocenters. The van der Waals surface area contributed by atoms with E-state index in [1.54, 1.807) is 18.7 Å². The van der Waals surface area contributed by atoms with Crippen LogP contribution in [0.25, 0.3) is 0 Å². The maximum Gasteiger partial charge on any atom is 0.334 e. The van der Waals surface area contributed by atoms with Gasteiger partial charge in [-0.3, -0.25) is 0 Å². The number of ether oxygens (including phenoxy) is 2. The normalized spacial score (nSPS) is 12.1. The Bertz CT molecular complexity index is 327. The van der Waals surface area contributed by atoms with E-state index in [9.17, 15) is 4.79 Å². The van der Waals surface area contributed by atoms with Crippen molar-refractivity contribution in [3.05, 3.63) is 35.9 Å². The van der Waals surface area contributed by atoms with E-state index in [-0.39, 0.29) is 5.97 Å². The zero-order chi connectivity index (χ0) is 12.5. The molecular weight excluding hydrogens is 236 g/mol. The van der Waals surface area contributed by atoms with Crippen molar-refractivity contribution in [1.29, 1.82) is 0 Å². The lowest BCUT2D eigenvalue weighted by Gasteiger charge is -2.12. The molecule has 0 bridgehead atoms. The van der Waals surface area contributed by atoms with Gasteiger partial charge in [0.15, 0.2) is 6.10 Å². The van der Waals surface area contributed by atoms with E-state index < -0.39 is 6.10 Å². The number of hydrogen-bond acceptors (Lipinski definition) is 4. The number of thioether (sulfide) groups is 1. The van der Waals surface area contributed by atoms with E-state index in [1.807, 2.05) is 36.6 Å². The van der Waals surface area contributed by atoms with Crippen LogP contribution in [0, 0.1) is 0 Å². The van der Waals surface area contributed by atoms with Crippen molar-refractivity contribution < 1.29 is 14.3 Å². The summed E-state index contributed by atoms with van der Waals surface area (Å²) in [6.07, 6.45) is 1.46. The number of hydrogen-bond donors (Lipinski definition) is 0. The summed E-state index contributed by atoms with van der Waals surface area (Å²) in [6, 6.07) is 9.77. The fourth-order valence-electron chi connectivity index (χ4n) is 1.21. The highest BCUT2D eigenvalue weighted by atomic mass is 32.2. The van der Waals surface area contributed by atoms with Crippen LogP contribution < -0.4 is 0 Å². The molecule has 0 radical (unpaired) electrons. The van der Waals surface area contributed by atoms with Gasteiger partial charge in [0.1, 0.15) is 6.61 Å². The Morgan fingerprint density at radius 1 is 1.35 bits per heavy atom. The predicted molar refractivity (Wildman–Crippen MR) is 70.0 cm³/mol. The number of carbonyl (C=O) groups excluding carboxylic acids is 1. The Balaban J connectivity index is 2.24. The smallest absolute Gasteiger partial charge is 0.334 e. The van der Waals surface area contributed by atoms with Crippen LogP contribution in [-0.2, 0) is 20.9 Å². The summed E-state index contributed by atoms with van der Waals surface area (Å²) < 4.78 is 10.5. The molecule has 0 spiro atoms. The average molecular weight is 254 g/mol. The number of rotatable bonds is 7. The van der Waals surface area contributed by atoms with Crippen molar-refractivity contribution in [3.63, 3.8) is 0 Å². The zero-order valence-corrected chi connectivity index (χ0v) is 11.0. The second-order valence-corrected chi connectivity index (χ2v) is 4.58. The first-order valence-corrected chi connectivity index (χ1v) is 6.94. The first kappa shape index (κ1) is 14.1. The molecule has 0 aromatic heterocycles. The zero-order valence-electron chi connectivity index (χ0n) is 10.2. The SMILES string of the molecule is CSCCOC(=O)C(C)OCc1ccccc1. The summed E-state index contributed by atoms with van der Waals surface area (Å²) in [4.78, 5) is 11.5. The number of benzene rings is 1. The van der Waals surface area contributed by atoms with Crippen LogP contribution >= 0.6 is 11.8 Å². The molecule has 0 saturated heterocycles. The first-order chi connectivity index (χ1) is 8.24. The Morgan fingerprint density at radius 3 is 2.71 bits per heavy atom. The van der Waals surface area contributed by atoms with Gasteiger partial charge in [0.2, 0.25) is 0 Å². The quantitative estimate of drug-likeness (QED) is 0.553. The van der Waals surface area contributed by atoms with Gasteiger partial charge in [-0.15, -0.1) is 0 Å². The second kappa shape index (κ2) is 8.14. The van der Waals surface area contributed by atoms with Crippen LogP contribution in [0.5, 0.6) is 0 Å². The second-order valence-electron chi connectivity index (χ2n) is 3.60. The number of carbonyl (C=O) groups is 1. The molecule has 1 rings (SSSR count). The summed E-state index contributed by atoms with van der Waals surface area (Å²) in [5, 5.41) is 0. The molecule has 1 unspecified atom stereocenters. The lowest BCUT2D eigenvalue weighted by Crippen LogP contribution is -2.24. The minimum atomic E-state index is -0.517. The van der Waals surface area contributed by atoms with Crippen molar-refractivity contribution in [3.8, 4) is 0 Å². The van der Waals surface area contributed by atoms with Gasteiger partial charge in [-0.2, -0.15) is 11.8 Å². The van der Waals surface area contributed by atoms with Crippen LogP contribution in [-0.4, -0.2) is 30.7 Å². The van der Waals surface area contributed by atoms with Gasteiger partial charge in [0, 0.05) is 5.75 Å². The average Bonchev–Trinajstić information content (AvgIpc) is 2.37. The third-order valence-corrected chi connectivity index (χ3v) is 2.78. The summed E-state index contributed by atoms with van der Waals surface area (Å²) in [5.74, 6) is 0.520. The molecule has 0 aliphatic carbocycles. The molecule has 17 heavy (non-hydrogen) atoms. The Labute approximate surface area is 106 Å². The standard InChI is InChI=1S/C13H18O3S/c1-11(13(14)15-8-9-17-2)16-10-12-6-4-3-5-7-12/h3-7,11H,8-10H2,1-2H3. The van der Waals surface area contributed by atoms with E-state index in [0.717, 1.165) is 11.3 Å². The maximum atomic E-state index is 11.5. The van der Waals surface area contributed by atoms with Crippen LogP contribution in [0.4, 0.5) is 0 Å². The summed E-state index contributed by atoms with van der Waals surface area (Å²) in [5.41, 5.74) is 1.05. The molecule has 0 aliphatic rings. The van der Waals surface area contributed by atoms with Crippen LogP contribution in [0.2, 0.25) is 0 Å². The maximum absolute atomic E-state index is 11.5. The monoisotopic (exact) mass is 254 g/mol. The predicted octanol–water partition coefficient (Wildman–Crippen LogP) is 2.50. The van der Waals surface area contributed by atoms with Crippen LogP contribution in [0.1, 0.15) is 12.5 Å². The van der Waals surface area contributed by atoms with Gasteiger partial charge in [0.05, 0.1) is 6.61 Å². The molecule has 4 heteroatoms. The molecule has 94 valence electrons. The van der Waals surface area contributed by atoms with Gasteiger partial charge in [-0.05, 0) is 18.7 Å². The minimum absolute atomic E-state index is 0.296. The summed E-state index contributed by atoms with van der Waals surface area (Å²) in [6.45, 7) is 2.59. The van der Waals surface area contributed by atoms with Crippen molar-refractivity contribution in [2.24, 2.45) is 0 Å². The van der Waals surface area contributed by atoms with Crippen LogP contribution in [0.3, 0.4) is 0 Å². The number of esters is 1. The summed E-state index contributed by atoms with van der Waals surface area (Å²) >= 11 is 1.65. The Kier molecular flexibility index (Phi) is 6.74. The summed E-state index contributed by atoms with van der Waals surface area (Å²) in [7, 11) is 0. The van der Waals surface area contributed by atoms with E-state index in [2.05, 4.69) is 0 Å². The van der Waals surface area contributed by atoms with E-state index in [4.69, 9.17) is 9.47 Å². The van der Waals surface area contributed by atoms with Crippen LogP contribution in [0.15, 0.2) is 30.3 Å². The highest BCUT2D eigenvalue weighted by molar-refractivity contribution is 7.98. The fraction of sp³-hybridized carbons (Fsp3) is 0.462. The molecule has 0 amide bonds. The minimum Gasteiger partial charge on any atom is -0.463 e. The van der Waals surface area contributed by atoms with Gasteiger partial charge in [-0.1, -0.05) is 30.3 Å². The molecule has 0 fully saturated rings. The van der Waals surface area contributed by atoms with E-state index in [1.165, 1.54) is 0 Å². The van der Waals surface area contributed by atoms with E-state index >= 15 is 0 Å². The van der Waals surface area contributed by atoms with Crippen molar-refractivity contribution in [1.82, 2.24) is 0 Å². The molecular formula is C13H18O3S. The van der Waals surface area contributed by atoms with Gasteiger partial charge >= 0.3 is 5.97 Å². The highest BCUT2D eigenvalue weighted by Crippen LogP contribution is 2.04. The van der Waals surface area contributed by atoms with Crippen molar-refractivity contribution >= 4 is 17.7 Å². The van der Waals surface area contributed by atoms with Gasteiger partial charge in [0.25, 0.3) is 0 Å². The molecule has 1 aromatic rings. The molecule has 0 heterocycles. The third kappa shape index (κ3) is 5.75. The third-order valence-electron chi connectivity index (χ3n) is 2.21. The van der Waals surface area contributed by atoms with Gasteiger partial charge in [-0.25, -0.2) is 4.79 Å². The Hall–Kier alpha value is -1.00. The Morgan fingerprint density at radius 2 is 2.06 bits per heavy atom. The fourth-order valence-corrected chi connectivity index (χ4v) is 1.46. The van der Waals surface area contributed by atoms with Gasteiger partial charge < -0.3 is 9.47 Å². The first-order valence-electron chi connectivity index (χ1n) is 5.55. The largest absolute Gasteiger partial charge is 0.463 e.